The molecule has 4 heteroatoms. The number of hydrogen-bond donors (Lipinski definition) is 3. The van der Waals surface area contributed by atoms with Crippen molar-refractivity contribution in [3.63, 3.8) is 0 Å². The first-order chi connectivity index (χ1) is 7.59. The lowest BCUT2D eigenvalue weighted by atomic mass is 10.0. The van der Waals surface area contributed by atoms with E-state index in [1.807, 2.05) is 0 Å². The minimum atomic E-state index is -0.424. The number of rotatable bonds is 5. The summed E-state index contributed by atoms with van der Waals surface area (Å²) < 4.78 is 0. The Hall–Kier alpha value is -0.610. The van der Waals surface area contributed by atoms with Gasteiger partial charge in [-0.3, -0.25) is 4.79 Å². The second-order valence-corrected chi connectivity index (χ2v) is 5.03. The Balaban J connectivity index is 2.18. The number of nitrogens with one attached hydrogen (secondary N) is 2. The van der Waals surface area contributed by atoms with Gasteiger partial charge in [0, 0.05) is 6.54 Å². The van der Waals surface area contributed by atoms with Crippen molar-refractivity contribution in [1.29, 1.82) is 0 Å². The molecule has 0 saturated carbocycles. The van der Waals surface area contributed by atoms with Crippen LogP contribution in [0.15, 0.2) is 0 Å². The Kier molecular flexibility index (Phi) is 5.77. The van der Waals surface area contributed by atoms with Crippen LogP contribution >= 0.6 is 0 Å². The zero-order valence-electron chi connectivity index (χ0n) is 10.3. The van der Waals surface area contributed by atoms with Crippen LogP contribution in [0.1, 0.15) is 39.5 Å². The van der Waals surface area contributed by atoms with Gasteiger partial charge in [-0.2, -0.15) is 0 Å². The van der Waals surface area contributed by atoms with Crippen LogP contribution in [0.25, 0.3) is 0 Å². The summed E-state index contributed by atoms with van der Waals surface area (Å²) in [6, 6.07) is -0.0556. The van der Waals surface area contributed by atoms with Crippen LogP contribution in [-0.4, -0.2) is 36.2 Å². The molecule has 3 N–H and O–H groups in total. The highest BCUT2D eigenvalue weighted by Gasteiger charge is 2.20. The van der Waals surface area contributed by atoms with Crippen molar-refractivity contribution in [3.8, 4) is 0 Å². The van der Waals surface area contributed by atoms with Crippen molar-refractivity contribution in [2.45, 2.75) is 51.7 Å². The zero-order chi connectivity index (χ0) is 12.0. The number of aliphatic hydroxyl groups is 1. The van der Waals surface area contributed by atoms with E-state index in [4.69, 9.17) is 0 Å². The fourth-order valence-corrected chi connectivity index (χ4v) is 2.04. The third-order valence-electron chi connectivity index (χ3n) is 2.88. The van der Waals surface area contributed by atoms with Crippen molar-refractivity contribution in [1.82, 2.24) is 10.6 Å². The first-order valence-corrected chi connectivity index (χ1v) is 6.28. The van der Waals surface area contributed by atoms with Crippen LogP contribution in [0.2, 0.25) is 0 Å². The molecule has 0 aliphatic carbocycles. The quantitative estimate of drug-likeness (QED) is 0.647. The van der Waals surface area contributed by atoms with Gasteiger partial charge in [0.2, 0.25) is 5.91 Å². The van der Waals surface area contributed by atoms with E-state index in [-0.39, 0.29) is 11.9 Å². The maximum absolute atomic E-state index is 11.7. The third kappa shape index (κ3) is 4.94. The minimum absolute atomic E-state index is 0.0301. The lowest BCUT2D eigenvalue weighted by molar-refractivity contribution is -0.124. The lowest BCUT2D eigenvalue weighted by Crippen LogP contribution is -2.48. The summed E-state index contributed by atoms with van der Waals surface area (Å²) in [5, 5.41) is 15.6. The Morgan fingerprint density at radius 1 is 1.50 bits per heavy atom. The van der Waals surface area contributed by atoms with E-state index in [1.54, 1.807) is 0 Å². The fraction of sp³-hybridized carbons (Fsp3) is 0.917. The molecule has 1 rings (SSSR count). The van der Waals surface area contributed by atoms with Crippen LogP contribution in [0.3, 0.4) is 0 Å². The highest BCUT2D eigenvalue weighted by Crippen LogP contribution is 2.07. The Bertz CT molecular complexity index is 213. The molecule has 4 nitrogen and oxygen atoms in total. The molecule has 1 heterocycles. The van der Waals surface area contributed by atoms with E-state index in [9.17, 15) is 9.90 Å². The molecule has 1 aliphatic rings. The highest BCUT2D eigenvalue weighted by molar-refractivity contribution is 5.81. The molecule has 0 aromatic carbocycles. The predicted octanol–water partition coefficient (Wildman–Crippen LogP) is 0.652. The molecule has 1 aliphatic heterocycles. The number of carbonyl (C=O) groups excluding carboxylic acids is 1. The molecule has 16 heavy (non-hydrogen) atoms. The molecule has 94 valence electrons. The van der Waals surface area contributed by atoms with Crippen LogP contribution in [0.5, 0.6) is 0 Å². The van der Waals surface area contributed by atoms with E-state index in [2.05, 4.69) is 24.5 Å². The second-order valence-electron chi connectivity index (χ2n) is 5.03. The van der Waals surface area contributed by atoms with Gasteiger partial charge >= 0.3 is 0 Å². The van der Waals surface area contributed by atoms with Crippen molar-refractivity contribution in [2.75, 3.05) is 13.1 Å². The molecule has 1 saturated heterocycles. The highest BCUT2D eigenvalue weighted by atomic mass is 16.3. The van der Waals surface area contributed by atoms with Crippen molar-refractivity contribution >= 4 is 5.91 Å². The zero-order valence-corrected chi connectivity index (χ0v) is 10.3. The van der Waals surface area contributed by atoms with Crippen LogP contribution in [-0.2, 0) is 4.79 Å². The standard InChI is InChI=1S/C12H24N2O2/c1-9(2)7-10(15)8-14-12(16)11-5-3-4-6-13-11/h9-11,13,15H,3-8H2,1-2H3,(H,14,16). The summed E-state index contributed by atoms with van der Waals surface area (Å²) in [7, 11) is 0. The SMILES string of the molecule is CC(C)CC(O)CNC(=O)C1CCCCN1. The Labute approximate surface area is 97.8 Å². The van der Waals surface area contributed by atoms with Gasteiger partial charge in [0.25, 0.3) is 0 Å². The molecule has 0 aromatic rings. The summed E-state index contributed by atoms with van der Waals surface area (Å²) in [5.74, 6) is 0.488. The fourth-order valence-electron chi connectivity index (χ4n) is 2.04. The first-order valence-electron chi connectivity index (χ1n) is 6.28. The average molecular weight is 228 g/mol. The monoisotopic (exact) mass is 228 g/mol. The summed E-state index contributed by atoms with van der Waals surface area (Å²) in [5.41, 5.74) is 0. The van der Waals surface area contributed by atoms with Crippen LogP contribution < -0.4 is 10.6 Å². The van der Waals surface area contributed by atoms with E-state index in [0.29, 0.717) is 12.5 Å². The topological polar surface area (TPSA) is 61.4 Å². The van der Waals surface area contributed by atoms with E-state index < -0.39 is 6.10 Å². The molecular formula is C12H24N2O2. The summed E-state index contributed by atoms with van der Waals surface area (Å²) in [6.07, 6.45) is 3.48. The third-order valence-corrected chi connectivity index (χ3v) is 2.88. The molecule has 2 atom stereocenters. The second kappa shape index (κ2) is 6.86. The van der Waals surface area contributed by atoms with Gasteiger partial charge in [0.05, 0.1) is 12.1 Å². The van der Waals surface area contributed by atoms with Crippen LogP contribution in [0.4, 0.5) is 0 Å². The number of piperidine rings is 1. The van der Waals surface area contributed by atoms with Gasteiger partial charge in [-0.05, 0) is 31.7 Å². The number of hydrogen-bond acceptors (Lipinski definition) is 3. The van der Waals surface area contributed by atoms with E-state index >= 15 is 0 Å². The molecule has 2 unspecified atom stereocenters. The summed E-state index contributed by atoms with van der Waals surface area (Å²) in [6.45, 7) is 5.42. The van der Waals surface area contributed by atoms with Crippen LogP contribution in [0, 0.1) is 5.92 Å². The van der Waals surface area contributed by atoms with Gasteiger partial charge in [-0.15, -0.1) is 0 Å². The molecule has 0 aromatic heterocycles. The van der Waals surface area contributed by atoms with Gasteiger partial charge in [0.1, 0.15) is 0 Å². The van der Waals surface area contributed by atoms with Gasteiger partial charge in [-0.1, -0.05) is 20.3 Å². The molecule has 1 fully saturated rings. The average Bonchev–Trinajstić information content (AvgIpc) is 2.26. The number of aliphatic hydroxyl groups excluding tert-OH is 1. The molecule has 0 radical (unpaired) electrons. The maximum Gasteiger partial charge on any atom is 0.237 e. The van der Waals surface area contributed by atoms with Crippen molar-refractivity contribution in [3.05, 3.63) is 0 Å². The molecular weight excluding hydrogens is 204 g/mol. The van der Waals surface area contributed by atoms with E-state index in [1.165, 1.54) is 0 Å². The smallest absolute Gasteiger partial charge is 0.237 e. The molecule has 0 spiro atoms. The van der Waals surface area contributed by atoms with Crippen molar-refractivity contribution < 1.29 is 9.90 Å². The largest absolute Gasteiger partial charge is 0.391 e. The Morgan fingerprint density at radius 3 is 2.81 bits per heavy atom. The van der Waals surface area contributed by atoms with Crippen molar-refractivity contribution in [2.24, 2.45) is 5.92 Å². The van der Waals surface area contributed by atoms with Gasteiger partial charge in [0.15, 0.2) is 0 Å². The van der Waals surface area contributed by atoms with Gasteiger partial charge < -0.3 is 15.7 Å². The van der Waals surface area contributed by atoms with E-state index in [0.717, 1.165) is 32.2 Å². The normalized spacial score (nSPS) is 23.1. The molecule has 1 amide bonds. The first kappa shape index (κ1) is 13.5. The summed E-state index contributed by atoms with van der Waals surface area (Å²) in [4.78, 5) is 11.7. The Morgan fingerprint density at radius 2 is 2.25 bits per heavy atom. The van der Waals surface area contributed by atoms with Gasteiger partial charge in [-0.25, -0.2) is 0 Å². The molecule has 0 bridgehead atoms. The lowest BCUT2D eigenvalue weighted by Gasteiger charge is -2.23. The minimum Gasteiger partial charge on any atom is -0.391 e. The number of amides is 1. The summed E-state index contributed by atoms with van der Waals surface area (Å²) >= 11 is 0. The maximum atomic E-state index is 11.7. The number of carbonyl (C=O) groups is 1. The predicted molar refractivity (Wildman–Crippen MR) is 64.1 cm³/mol.